The van der Waals surface area contributed by atoms with Crippen molar-refractivity contribution in [2.24, 2.45) is 5.92 Å². The lowest BCUT2D eigenvalue weighted by molar-refractivity contribution is -0.169. The number of piperidine rings is 1. The molecule has 1 spiro atoms. The van der Waals surface area contributed by atoms with E-state index >= 15 is 0 Å². The van der Waals surface area contributed by atoms with Crippen LogP contribution >= 0.6 is 0 Å². The van der Waals surface area contributed by atoms with Gasteiger partial charge in [-0.05, 0) is 56.8 Å². The lowest BCUT2D eigenvalue weighted by Crippen LogP contribution is -2.66. The van der Waals surface area contributed by atoms with Crippen molar-refractivity contribution in [1.29, 1.82) is 0 Å². The van der Waals surface area contributed by atoms with Gasteiger partial charge in [-0.3, -0.25) is 4.79 Å². The number of likely N-dealkylation sites (tertiary alicyclic amines) is 2. The second kappa shape index (κ2) is 6.95. The minimum absolute atomic E-state index is 0.0833. The second-order valence-electron chi connectivity index (χ2n) is 8.69. The summed E-state index contributed by atoms with van der Waals surface area (Å²) in [4.78, 5) is 20.6. The van der Waals surface area contributed by atoms with Gasteiger partial charge in [-0.2, -0.15) is 0 Å². The standard InChI is InChI=1S/C22H29N3O2/c26-21(20-12-18-6-2-3-7-19(18)23-20)25-15-22(16-25)9-8-17(14-27-22)13-24-10-4-1-5-11-24/h2-3,6-7,12,17,23H,1,4-5,8-11,13-16H2. The number of ether oxygens (including phenoxy) is 1. The second-order valence-corrected chi connectivity index (χ2v) is 8.69. The van der Waals surface area contributed by atoms with E-state index in [1.807, 2.05) is 35.2 Å². The zero-order valence-electron chi connectivity index (χ0n) is 16.0. The Morgan fingerprint density at radius 3 is 2.74 bits per heavy atom. The Hall–Kier alpha value is -1.85. The maximum absolute atomic E-state index is 12.8. The van der Waals surface area contributed by atoms with Gasteiger partial charge in [-0.15, -0.1) is 0 Å². The number of aromatic nitrogens is 1. The van der Waals surface area contributed by atoms with E-state index in [1.54, 1.807) is 0 Å². The molecule has 0 radical (unpaired) electrons. The molecule has 0 bridgehead atoms. The van der Waals surface area contributed by atoms with Crippen LogP contribution in [-0.2, 0) is 4.74 Å². The highest BCUT2D eigenvalue weighted by atomic mass is 16.5. The molecule has 3 saturated heterocycles. The van der Waals surface area contributed by atoms with Gasteiger partial charge >= 0.3 is 0 Å². The van der Waals surface area contributed by atoms with Crippen molar-refractivity contribution in [2.75, 3.05) is 39.3 Å². The van der Waals surface area contributed by atoms with Gasteiger partial charge in [-0.25, -0.2) is 0 Å². The average molecular weight is 367 g/mol. The zero-order valence-corrected chi connectivity index (χ0v) is 16.0. The summed E-state index contributed by atoms with van der Waals surface area (Å²) in [7, 11) is 0. The predicted octanol–water partition coefficient (Wildman–Crippen LogP) is 3.28. The van der Waals surface area contributed by atoms with Crippen LogP contribution in [0.5, 0.6) is 0 Å². The number of hydrogen-bond acceptors (Lipinski definition) is 3. The molecule has 1 N–H and O–H groups in total. The zero-order chi connectivity index (χ0) is 18.3. The number of hydrogen-bond donors (Lipinski definition) is 1. The van der Waals surface area contributed by atoms with E-state index in [1.165, 1.54) is 45.3 Å². The monoisotopic (exact) mass is 367 g/mol. The highest BCUT2D eigenvalue weighted by Gasteiger charge is 2.48. The van der Waals surface area contributed by atoms with Gasteiger partial charge in [0.1, 0.15) is 11.3 Å². The fraction of sp³-hybridized carbons (Fsp3) is 0.591. The molecule has 3 fully saturated rings. The molecule has 144 valence electrons. The normalized spacial score (nSPS) is 25.6. The highest BCUT2D eigenvalue weighted by Crippen LogP contribution is 2.37. The van der Waals surface area contributed by atoms with E-state index in [2.05, 4.69) is 9.88 Å². The molecule has 1 amide bonds. The van der Waals surface area contributed by atoms with Crippen LogP contribution in [0.4, 0.5) is 0 Å². The molecule has 1 aromatic carbocycles. The molecule has 27 heavy (non-hydrogen) atoms. The van der Waals surface area contributed by atoms with E-state index in [-0.39, 0.29) is 11.5 Å². The number of carbonyl (C=O) groups is 1. The van der Waals surface area contributed by atoms with Crippen LogP contribution in [0.3, 0.4) is 0 Å². The molecule has 2 aromatic rings. The molecule has 1 aromatic heterocycles. The van der Waals surface area contributed by atoms with Gasteiger partial charge in [-0.1, -0.05) is 24.6 Å². The maximum Gasteiger partial charge on any atom is 0.270 e. The quantitative estimate of drug-likeness (QED) is 0.906. The number of benzene rings is 1. The van der Waals surface area contributed by atoms with Crippen LogP contribution in [0.25, 0.3) is 10.9 Å². The minimum Gasteiger partial charge on any atom is -0.371 e. The Bertz CT molecular complexity index is 775. The first-order valence-electron chi connectivity index (χ1n) is 10.4. The predicted molar refractivity (Wildman–Crippen MR) is 106 cm³/mol. The molecule has 0 aliphatic carbocycles. The van der Waals surface area contributed by atoms with Crippen molar-refractivity contribution in [3.05, 3.63) is 36.0 Å². The Morgan fingerprint density at radius 1 is 1.19 bits per heavy atom. The third-order valence-electron chi connectivity index (χ3n) is 6.60. The number of amides is 1. The van der Waals surface area contributed by atoms with E-state index in [4.69, 9.17) is 4.74 Å². The summed E-state index contributed by atoms with van der Waals surface area (Å²) in [6.45, 7) is 6.02. The first kappa shape index (κ1) is 17.3. The number of rotatable bonds is 3. The first-order valence-corrected chi connectivity index (χ1v) is 10.4. The fourth-order valence-electron chi connectivity index (χ4n) is 4.97. The number of H-pyrrole nitrogens is 1. The summed E-state index contributed by atoms with van der Waals surface area (Å²) in [5, 5.41) is 1.09. The van der Waals surface area contributed by atoms with E-state index in [9.17, 15) is 4.79 Å². The molecular weight excluding hydrogens is 338 g/mol. The van der Waals surface area contributed by atoms with Gasteiger partial charge in [0.15, 0.2) is 0 Å². The Kier molecular flexibility index (Phi) is 4.44. The lowest BCUT2D eigenvalue weighted by atomic mass is 9.82. The number of nitrogens with zero attached hydrogens (tertiary/aromatic N) is 2. The third-order valence-corrected chi connectivity index (χ3v) is 6.60. The summed E-state index contributed by atoms with van der Waals surface area (Å²) in [5.74, 6) is 0.753. The molecule has 0 saturated carbocycles. The summed E-state index contributed by atoms with van der Waals surface area (Å²) in [6.07, 6.45) is 6.40. The van der Waals surface area contributed by atoms with Crippen molar-refractivity contribution < 1.29 is 9.53 Å². The van der Waals surface area contributed by atoms with Crippen molar-refractivity contribution >= 4 is 16.8 Å². The van der Waals surface area contributed by atoms with Gasteiger partial charge in [0.2, 0.25) is 0 Å². The van der Waals surface area contributed by atoms with Crippen molar-refractivity contribution in [1.82, 2.24) is 14.8 Å². The van der Waals surface area contributed by atoms with Crippen LogP contribution in [-0.4, -0.2) is 65.6 Å². The number of aromatic amines is 1. The molecule has 1 unspecified atom stereocenters. The van der Waals surface area contributed by atoms with E-state index in [0.717, 1.165) is 37.0 Å². The topological polar surface area (TPSA) is 48.6 Å². The Labute approximate surface area is 160 Å². The average Bonchev–Trinajstić information content (AvgIpc) is 3.11. The summed E-state index contributed by atoms with van der Waals surface area (Å²) in [5.41, 5.74) is 1.62. The van der Waals surface area contributed by atoms with Crippen LogP contribution in [0.2, 0.25) is 0 Å². The van der Waals surface area contributed by atoms with Crippen LogP contribution in [0, 0.1) is 5.92 Å². The van der Waals surface area contributed by atoms with Gasteiger partial charge in [0.25, 0.3) is 5.91 Å². The number of fused-ring (bicyclic) bond motifs is 1. The SMILES string of the molecule is O=C(c1cc2ccccc2[nH]1)N1CC2(CCC(CN3CCCCC3)CO2)C1. The maximum atomic E-state index is 12.8. The fourth-order valence-corrected chi connectivity index (χ4v) is 4.97. The summed E-state index contributed by atoms with van der Waals surface area (Å²) >= 11 is 0. The molecule has 5 heteroatoms. The molecule has 3 aliphatic rings. The number of carbonyl (C=O) groups excluding carboxylic acids is 1. The summed E-state index contributed by atoms with van der Waals surface area (Å²) < 4.78 is 6.30. The molecule has 4 heterocycles. The summed E-state index contributed by atoms with van der Waals surface area (Å²) in [6, 6.07) is 9.99. The van der Waals surface area contributed by atoms with Gasteiger partial charge in [0, 0.05) is 17.4 Å². The van der Waals surface area contributed by atoms with Crippen LogP contribution in [0.15, 0.2) is 30.3 Å². The van der Waals surface area contributed by atoms with E-state index in [0.29, 0.717) is 11.6 Å². The third kappa shape index (κ3) is 3.39. The molecular formula is C22H29N3O2. The number of para-hydroxylation sites is 1. The molecule has 3 aliphatic heterocycles. The van der Waals surface area contributed by atoms with Gasteiger partial charge in [0.05, 0.1) is 19.7 Å². The van der Waals surface area contributed by atoms with Gasteiger partial charge < -0.3 is 19.5 Å². The lowest BCUT2D eigenvalue weighted by Gasteiger charge is -2.53. The Balaban J connectivity index is 1.14. The highest BCUT2D eigenvalue weighted by molar-refractivity contribution is 5.98. The smallest absolute Gasteiger partial charge is 0.270 e. The largest absolute Gasteiger partial charge is 0.371 e. The Morgan fingerprint density at radius 2 is 2.00 bits per heavy atom. The van der Waals surface area contributed by atoms with Crippen LogP contribution < -0.4 is 0 Å². The first-order chi connectivity index (χ1) is 13.2. The molecule has 1 atom stereocenters. The molecule has 5 nitrogen and oxygen atoms in total. The van der Waals surface area contributed by atoms with Crippen LogP contribution in [0.1, 0.15) is 42.6 Å². The van der Waals surface area contributed by atoms with Crippen molar-refractivity contribution in [3.8, 4) is 0 Å². The number of nitrogens with one attached hydrogen (secondary N) is 1. The molecule has 5 rings (SSSR count). The van der Waals surface area contributed by atoms with Crippen molar-refractivity contribution in [2.45, 2.75) is 37.7 Å². The van der Waals surface area contributed by atoms with E-state index < -0.39 is 0 Å². The van der Waals surface area contributed by atoms with Crippen molar-refractivity contribution in [3.63, 3.8) is 0 Å². The minimum atomic E-state index is -0.0833.